The Morgan fingerprint density at radius 2 is 2.08 bits per heavy atom. The average molecular weight is 341 g/mol. The lowest BCUT2D eigenvalue weighted by molar-refractivity contribution is -0.126. The fraction of sp³-hybridized carbons (Fsp3) is 0.421. The van der Waals surface area contributed by atoms with Crippen LogP contribution >= 0.6 is 0 Å². The number of hydrogen-bond donors (Lipinski definition) is 0. The molecule has 0 unspecified atom stereocenters. The third kappa shape index (κ3) is 2.10. The summed E-state index contributed by atoms with van der Waals surface area (Å²) in [6.45, 7) is 5.49. The molecule has 6 nitrogen and oxygen atoms in total. The molecule has 2 fully saturated rings. The first-order valence-electron chi connectivity index (χ1n) is 8.40. The quantitative estimate of drug-likeness (QED) is 0.476. The van der Waals surface area contributed by atoms with Crippen molar-refractivity contribution in [3.63, 3.8) is 0 Å². The van der Waals surface area contributed by atoms with Gasteiger partial charge in [-0.25, -0.2) is 4.90 Å². The molecule has 2 amide bonds. The number of ether oxygens (including phenoxy) is 2. The van der Waals surface area contributed by atoms with Gasteiger partial charge in [-0.2, -0.15) is 0 Å². The highest BCUT2D eigenvalue weighted by Crippen LogP contribution is 2.53. The Kier molecular flexibility index (Phi) is 3.37. The van der Waals surface area contributed by atoms with E-state index in [1.165, 1.54) is 11.8 Å². The number of ketones is 1. The van der Waals surface area contributed by atoms with Crippen LogP contribution in [-0.2, 0) is 14.3 Å². The Labute approximate surface area is 145 Å². The summed E-state index contributed by atoms with van der Waals surface area (Å²) in [6, 6.07) is 4.83. The van der Waals surface area contributed by atoms with Gasteiger partial charge < -0.3 is 9.47 Å². The predicted molar refractivity (Wildman–Crippen MR) is 89.5 cm³/mol. The van der Waals surface area contributed by atoms with E-state index in [0.29, 0.717) is 23.6 Å². The Balaban J connectivity index is 1.80. The van der Waals surface area contributed by atoms with Crippen molar-refractivity contribution in [1.82, 2.24) is 0 Å². The van der Waals surface area contributed by atoms with Gasteiger partial charge >= 0.3 is 0 Å². The van der Waals surface area contributed by atoms with E-state index in [1.807, 2.05) is 26.0 Å². The van der Waals surface area contributed by atoms with Crippen LogP contribution in [0.1, 0.15) is 31.1 Å². The molecule has 4 rings (SSSR count). The maximum atomic E-state index is 13.1. The van der Waals surface area contributed by atoms with Crippen molar-refractivity contribution in [2.45, 2.75) is 32.5 Å². The van der Waals surface area contributed by atoms with Crippen LogP contribution in [0.4, 0.5) is 5.69 Å². The highest BCUT2D eigenvalue weighted by atomic mass is 16.5. The third-order valence-corrected chi connectivity index (χ3v) is 5.24. The van der Waals surface area contributed by atoms with E-state index in [-0.39, 0.29) is 23.7 Å². The number of rotatable bonds is 4. The molecule has 0 radical (unpaired) electrons. The zero-order chi connectivity index (χ0) is 17.9. The van der Waals surface area contributed by atoms with Gasteiger partial charge in [0, 0.05) is 5.56 Å². The van der Waals surface area contributed by atoms with Gasteiger partial charge in [-0.1, -0.05) is 12.2 Å². The molecular formula is C19H19NO5. The van der Waals surface area contributed by atoms with E-state index in [1.54, 1.807) is 18.2 Å². The molecule has 2 saturated heterocycles. The van der Waals surface area contributed by atoms with Gasteiger partial charge in [-0.15, -0.1) is 0 Å². The normalized spacial score (nSPS) is 32.4. The Morgan fingerprint density at radius 3 is 2.72 bits per heavy atom. The number of imide groups is 1. The number of fused-ring (bicyclic) bond motifs is 5. The summed E-state index contributed by atoms with van der Waals surface area (Å²) in [7, 11) is 0. The number of carbonyl (C=O) groups excluding carboxylic acids is 3. The number of Topliss-reactive ketones (excluding diaryl/α,β-unsaturated/α-hetero) is 1. The molecule has 2 bridgehead atoms. The van der Waals surface area contributed by atoms with Crippen molar-refractivity contribution >= 4 is 23.3 Å². The predicted octanol–water partition coefficient (Wildman–Crippen LogP) is 2.12. The highest BCUT2D eigenvalue weighted by molar-refractivity contribution is 6.24. The van der Waals surface area contributed by atoms with Crippen LogP contribution in [0.5, 0.6) is 5.75 Å². The maximum Gasteiger partial charge on any atom is 0.241 e. The van der Waals surface area contributed by atoms with E-state index >= 15 is 0 Å². The van der Waals surface area contributed by atoms with E-state index in [2.05, 4.69) is 0 Å². The van der Waals surface area contributed by atoms with Crippen LogP contribution in [0.15, 0.2) is 30.4 Å². The molecule has 130 valence electrons. The molecule has 3 aliphatic heterocycles. The molecule has 3 heterocycles. The van der Waals surface area contributed by atoms with Gasteiger partial charge in [0.2, 0.25) is 11.8 Å². The summed E-state index contributed by atoms with van der Waals surface area (Å²) in [5, 5.41) is 0. The summed E-state index contributed by atoms with van der Waals surface area (Å²) in [6.07, 6.45) is 3.34. The largest absolute Gasteiger partial charge is 0.492 e. The standard InChI is InChI=1S/C19H19NO5/c1-4-24-13-6-5-11(10(2)21)9-12(13)20-17(22)15-14-7-8-19(3,25-14)16(15)18(20)23/h5-9,14-16H,4H2,1-3H3/t14-,15+,16+,19-/m1/s1. The van der Waals surface area contributed by atoms with E-state index in [0.717, 1.165) is 0 Å². The van der Waals surface area contributed by atoms with Gasteiger partial charge in [-0.3, -0.25) is 14.4 Å². The second-order valence-corrected chi connectivity index (χ2v) is 6.81. The zero-order valence-electron chi connectivity index (χ0n) is 14.3. The topological polar surface area (TPSA) is 72.9 Å². The van der Waals surface area contributed by atoms with Gasteiger partial charge in [0.15, 0.2) is 5.78 Å². The molecule has 0 saturated carbocycles. The Morgan fingerprint density at radius 1 is 1.32 bits per heavy atom. The molecule has 1 aromatic rings. The molecule has 0 aromatic heterocycles. The molecule has 25 heavy (non-hydrogen) atoms. The third-order valence-electron chi connectivity index (χ3n) is 5.24. The van der Waals surface area contributed by atoms with Gasteiger partial charge in [-0.05, 0) is 39.0 Å². The zero-order valence-corrected chi connectivity index (χ0v) is 14.3. The van der Waals surface area contributed by atoms with Crippen LogP contribution in [0, 0.1) is 11.8 Å². The summed E-state index contributed by atoms with van der Waals surface area (Å²) in [5.41, 5.74) is 0.0162. The molecule has 0 spiro atoms. The first-order valence-corrected chi connectivity index (χ1v) is 8.40. The average Bonchev–Trinajstić information content (AvgIpc) is 3.17. The number of benzene rings is 1. The minimum atomic E-state index is -0.749. The minimum Gasteiger partial charge on any atom is -0.492 e. The Hall–Kier alpha value is -2.47. The summed E-state index contributed by atoms with van der Waals surface area (Å²) < 4.78 is 11.4. The van der Waals surface area contributed by atoms with Crippen molar-refractivity contribution in [2.75, 3.05) is 11.5 Å². The first-order chi connectivity index (χ1) is 11.9. The van der Waals surface area contributed by atoms with Gasteiger partial charge in [0.25, 0.3) is 0 Å². The number of carbonyl (C=O) groups is 3. The lowest BCUT2D eigenvalue weighted by atomic mass is 9.78. The highest BCUT2D eigenvalue weighted by Gasteiger charge is 2.66. The van der Waals surface area contributed by atoms with Crippen molar-refractivity contribution < 1.29 is 23.9 Å². The monoisotopic (exact) mass is 341 g/mol. The summed E-state index contributed by atoms with van der Waals surface area (Å²) in [5.74, 6) is -1.37. The number of nitrogens with zero attached hydrogens (tertiary/aromatic N) is 1. The first kappa shape index (κ1) is 16.0. The fourth-order valence-corrected chi connectivity index (χ4v) is 4.08. The number of amides is 2. The SMILES string of the molecule is CCOc1ccc(C(C)=O)cc1N1C(=O)[C@@H]2[C@@H](C1=O)[C@@]1(C)C=C[C@H]2O1. The van der Waals surface area contributed by atoms with E-state index in [9.17, 15) is 14.4 Å². The molecule has 3 aliphatic rings. The van der Waals surface area contributed by atoms with Crippen LogP contribution in [-0.4, -0.2) is 35.9 Å². The number of anilines is 1. The minimum absolute atomic E-state index is 0.138. The summed E-state index contributed by atoms with van der Waals surface area (Å²) in [4.78, 5) is 39.0. The fourth-order valence-electron chi connectivity index (χ4n) is 4.08. The Bertz CT molecular complexity index is 829. The molecule has 6 heteroatoms. The molecular weight excluding hydrogens is 322 g/mol. The van der Waals surface area contributed by atoms with E-state index in [4.69, 9.17) is 9.47 Å². The summed E-state index contributed by atoms with van der Waals surface area (Å²) >= 11 is 0. The smallest absolute Gasteiger partial charge is 0.241 e. The van der Waals surface area contributed by atoms with Crippen LogP contribution in [0.2, 0.25) is 0 Å². The van der Waals surface area contributed by atoms with Crippen LogP contribution < -0.4 is 9.64 Å². The van der Waals surface area contributed by atoms with Crippen molar-refractivity contribution in [2.24, 2.45) is 11.8 Å². The van der Waals surface area contributed by atoms with Crippen LogP contribution in [0.3, 0.4) is 0 Å². The van der Waals surface area contributed by atoms with Crippen LogP contribution in [0.25, 0.3) is 0 Å². The molecule has 4 atom stereocenters. The van der Waals surface area contributed by atoms with Gasteiger partial charge in [0.1, 0.15) is 5.75 Å². The molecule has 0 aliphatic carbocycles. The second-order valence-electron chi connectivity index (χ2n) is 6.81. The number of hydrogen-bond acceptors (Lipinski definition) is 5. The lowest BCUT2D eigenvalue weighted by Crippen LogP contribution is -2.38. The van der Waals surface area contributed by atoms with E-state index < -0.39 is 17.4 Å². The molecule has 0 N–H and O–H groups in total. The second kappa shape index (κ2) is 5.26. The van der Waals surface area contributed by atoms with Crippen molar-refractivity contribution in [1.29, 1.82) is 0 Å². The van der Waals surface area contributed by atoms with Crippen molar-refractivity contribution in [3.05, 3.63) is 35.9 Å². The maximum absolute atomic E-state index is 13.1. The molecule has 1 aromatic carbocycles. The lowest BCUT2D eigenvalue weighted by Gasteiger charge is -2.25. The van der Waals surface area contributed by atoms with Crippen molar-refractivity contribution in [3.8, 4) is 5.75 Å². The van der Waals surface area contributed by atoms with Gasteiger partial charge in [0.05, 0.1) is 35.8 Å².